The van der Waals surface area contributed by atoms with Crippen LogP contribution < -0.4 is 4.74 Å². The van der Waals surface area contributed by atoms with Gasteiger partial charge in [0.25, 0.3) is 5.91 Å². The fourth-order valence-electron chi connectivity index (χ4n) is 2.34. The number of para-hydroxylation sites is 1. The van der Waals surface area contributed by atoms with Gasteiger partial charge in [-0.3, -0.25) is 4.79 Å². The summed E-state index contributed by atoms with van der Waals surface area (Å²) in [6.45, 7) is 3.11. The minimum Gasteiger partial charge on any atom is -0.496 e. The molecule has 6 nitrogen and oxygen atoms in total. The van der Waals surface area contributed by atoms with Crippen LogP contribution in [0.1, 0.15) is 17.3 Å². The van der Waals surface area contributed by atoms with Gasteiger partial charge in [-0.15, -0.1) is 0 Å². The highest BCUT2D eigenvalue weighted by molar-refractivity contribution is 7.89. The van der Waals surface area contributed by atoms with Gasteiger partial charge in [0.15, 0.2) is 0 Å². The quantitative estimate of drug-likeness (QED) is 0.825. The summed E-state index contributed by atoms with van der Waals surface area (Å²) in [4.78, 5) is 14.1. The van der Waals surface area contributed by atoms with Crippen molar-refractivity contribution in [2.75, 3.05) is 39.0 Å². The highest BCUT2D eigenvalue weighted by Gasteiger charge is 2.28. The number of benzene rings is 1. The van der Waals surface area contributed by atoms with Crippen molar-refractivity contribution in [3.05, 3.63) is 29.8 Å². The largest absolute Gasteiger partial charge is 0.496 e. The van der Waals surface area contributed by atoms with Gasteiger partial charge < -0.3 is 9.64 Å². The molecule has 1 aliphatic rings. The smallest absolute Gasteiger partial charge is 0.257 e. The molecule has 0 spiro atoms. The Morgan fingerprint density at radius 2 is 1.81 bits per heavy atom. The second-order valence-electron chi connectivity index (χ2n) is 4.79. The molecular weight excluding hydrogens is 292 g/mol. The minimum atomic E-state index is -3.18. The van der Waals surface area contributed by atoms with Gasteiger partial charge in [0.2, 0.25) is 10.0 Å². The van der Waals surface area contributed by atoms with E-state index in [0.717, 1.165) is 0 Å². The Labute approximate surface area is 125 Å². The molecule has 0 unspecified atom stereocenters. The predicted octanol–water partition coefficient (Wildman–Crippen LogP) is 0.803. The van der Waals surface area contributed by atoms with Gasteiger partial charge in [-0.25, -0.2) is 8.42 Å². The molecule has 1 heterocycles. The van der Waals surface area contributed by atoms with Crippen LogP contribution in [-0.4, -0.2) is 62.6 Å². The zero-order chi connectivity index (χ0) is 15.5. The molecule has 0 saturated carbocycles. The lowest BCUT2D eigenvalue weighted by Crippen LogP contribution is -2.50. The minimum absolute atomic E-state index is 0.0907. The molecule has 116 valence electrons. The molecule has 21 heavy (non-hydrogen) atoms. The Kier molecular flexibility index (Phi) is 4.84. The van der Waals surface area contributed by atoms with E-state index >= 15 is 0 Å². The highest BCUT2D eigenvalue weighted by atomic mass is 32.2. The average molecular weight is 312 g/mol. The Morgan fingerprint density at radius 1 is 1.19 bits per heavy atom. The van der Waals surface area contributed by atoms with Gasteiger partial charge >= 0.3 is 0 Å². The number of nitrogens with zero attached hydrogens (tertiary/aromatic N) is 2. The molecule has 7 heteroatoms. The van der Waals surface area contributed by atoms with E-state index in [1.165, 1.54) is 11.4 Å². The third-order valence-corrected chi connectivity index (χ3v) is 5.50. The van der Waals surface area contributed by atoms with Crippen LogP contribution in [0.25, 0.3) is 0 Å². The van der Waals surface area contributed by atoms with Gasteiger partial charge in [0.1, 0.15) is 5.75 Å². The SMILES string of the molecule is CCS(=O)(=O)N1CCN(C(=O)c2ccccc2OC)CC1. The second-order valence-corrected chi connectivity index (χ2v) is 7.05. The van der Waals surface area contributed by atoms with E-state index in [0.29, 0.717) is 37.5 Å². The summed E-state index contributed by atoms with van der Waals surface area (Å²) in [6.07, 6.45) is 0. The van der Waals surface area contributed by atoms with Crippen LogP contribution in [0.5, 0.6) is 5.75 Å². The number of piperazine rings is 1. The van der Waals surface area contributed by atoms with Crippen LogP contribution >= 0.6 is 0 Å². The van der Waals surface area contributed by atoms with Crippen molar-refractivity contribution in [3.63, 3.8) is 0 Å². The van der Waals surface area contributed by atoms with Crippen molar-refractivity contribution < 1.29 is 17.9 Å². The zero-order valence-corrected chi connectivity index (χ0v) is 13.1. The molecule has 0 atom stereocenters. The normalized spacial score (nSPS) is 16.8. The molecule has 0 aromatic heterocycles. The van der Waals surface area contributed by atoms with Crippen molar-refractivity contribution in [1.29, 1.82) is 0 Å². The van der Waals surface area contributed by atoms with Gasteiger partial charge in [0.05, 0.1) is 18.4 Å². The molecule has 0 radical (unpaired) electrons. The number of rotatable bonds is 4. The molecule has 1 aromatic rings. The Bertz CT molecular complexity index is 607. The number of sulfonamides is 1. The van der Waals surface area contributed by atoms with Crippen molar-refractivity contribution in [3.8, 4) is 5.75 Å². The summed E-state index contributed by atoms with van der Waals surface area (Å²) in [6, 6.07) is 7.05. The van der Waals surface area contributed by atoms with Gasteiger partial charge in [0, 0.05) is 26.2 Å². The lowest BCUT2D eigenvalue weighted by Gasteiger charge is -2.34. The first-order chi connectivity index (χ1) is 9.99. The fourth-order valence-corrected chi connectivity index (χ4v) is 3.43. The monoisotopic (exact) mass is 312 g/mol. The maximum atomic E-state index is 12.5. The standard InChI is InChI=1S/C14H20N2O4S/c1-3-21(18,19)16-10-8-15(9-11-16)14(17)12-6-4-5-7-13(12)20-2/h4-7H,3,8-11H2,1-2H3. The summed E-state index contributed by atoms with van der Waals surface area (Å²) >= 11 is 0. The van der Waals surface area contributed by atoms with Gasteiger partial charge in [-0.2, -0.15) is 4.31 Å². The van der Waals surface area contributed by atoms with Crippen LogP contribution in [0.2, 0.25) is 0 Å². The third kappa shape index (κ3) is 3.36. The molecular formula is C14H20N2O4S. The van der Waals surface area contributed by atoms with Gasteiger partial charge in [-0.05, 0) is 19.1 Å². The Morgan fingerprint density at radius 3 is 2.38 bits per heavy atom. The average Bonchev–Trinajstić information content (AvgIpc) is 2.54. The number of hydrogen-bond donors (Lipinski definition) is 0. The van der Waals surface area contributed by atoms with Crippen LogP contribution in [0, 0.1) is 0 Å². The number of methoxy groups -OCH3 is 1. The molecule has 1 aliphatic heterocycles. The van der Waals surface area contributed by atoms with E-state index in [9.17, 15) is 13.2 Å². The number of carbonyl (C=O) groups is 1. The molecule has 0 bridgehead atoms. The lowest BCUT2D eigenvalue weighted by atomic mass is 10.1. The number of carbonyl (C=O) groups excluding carboxylic acids is 1. The van der Waals surface area contributed by atoms with E-state index in [2.05, 4.69) is 0 Å². The zero-order valence-electron chi connectivity index (χ0n) is 12.3. The third-order valence-electron chi connectivity index (χ3n) is 3.62. The summed E-state index contributed by atoms with van der Waals surface area (Å²) < 4.78 is 30.2. The van der Waals surface area contributed by atoms with E-state index in [-0.39, 0.29) is 11.7 Å². The van der Waals surface area contributed by atoms with Crippen LogP contribution in [0.3, 0.4) is 0 Å². The second kappa shape index (κ2) is 6.44. The number of ether oxygens (including phenoxy) is 1. The summed E-state index contributed by atoms with van der Waals surface area (Å²) in [5.74, 6) is 0.500. The maximum absolute atomic E-state index is 12.5. The van der Waals surface area contributed by atoms with Gasteiger partial charge in [-0.1, -0.05) is 12.1 Å². The summed E-state index contributed by atoms with van der Waals surface area (Å²) in [7, 11) is -1.65. The molecule has 2 rings (SSSR count). The Hall–Kier alpha value is -1.60. The van der Waals surface area contributed by atoms with E-state index in [1.54, 1.807) is 36.1 Å². The molecule has 0 aliphatic carbocycles. The highest BCUT2D eigenvalue weighted by Crippen LogP contribution is 2.20. The molecule has 1 saturated heterocycles. The van der Waals surface area contributed by atoms with Crippen molar-refractivity contribution >= 4 is 15.9 Å². The summed E-state index contributed by atoms with van der Waals surface area (Å²) in [5, 5.41) is 0. The van der Waals surface area contributed by atoms with Crippen molar-refractivity contribution in [1.82, 2.24) is 9.21 Å². The van der Waals surface area contributed by atoms with Crippen molar-refractivity contribution in [2.45, 2.75) is 6.92 Å². The van der Waals surface area contributed by atoms with E-state index in [4.69, 9.17) is 4.74 Å². The van der Waals surface area contributed by atoms with E-state index < -0.39 is 10.0 Å². The number of hydrogen-bond acceptors (Lipinski definition) is 4. The van der Waals surface area contributed by atoms with E-state index in [1.807, 2.05) is 0 Å². The van der Waals surface area contributed by atoms with Crippen LogP contribution in [0.15, 0.2) is 24.3 Å². The van der Waals surface area contributed by atoms with Crippen LogP contribution in [0.4, 0.5) is 0 Å². The first-order valence-corrected chi connectivity index (χ1v) is 8.50. The molecule has 1 aromatic carbocycles. The fraction of sp³-hybridized carbons (Fsp3) is 0.500. The lowest BCUT2D eigenvalue weighted by molar-refractivity contribution is 0.0694. The number of amides is 1. The first-order valence-electron chi connectivity index (χ1n) is 6.89. The maximum Gasteiger partial charge on any atom is 0.257 e. The first kappa shape index (κ1) is 15.8. The molecule has 1 amide bonds. The summed E-state index contributed by atoms with van der Waals surface area (Å²) in [5.41, 5.74) is 0.506. The molecule has 1 fully saturated rings. The predicted molar refractivity (Wildman–Crippen MR) is 79.9 cm³/mol. The Balaban J connectivity index is 2.07. The van der Waals surface area contributed by atoms with Crippen LogP contribution in [-0.2, 0) is 10.0 Å². The topological polar surface area (TPSA) is 66.9 Å². The van der Waals surface area contributed by atoms with Crippen molar-refractivity contribution in [2.24, 2.45) is 0 Å². The molecule has 0 N–H and O–H groups in total.